The topological polar surface area (TPSA) is 49.4 Å². The predicted molar refractivity (Wildman–Crippen MR) is 77.1 cm³/mol. The minimum atomic E-state index is -3.52. The van der Waals surface area contributed by atoms with E-state index in [-0.39, 0.29) is 11.9 Å². The standard InChI is InChI=1S/C14H21FN2O2S/c1-3-17(4-2)20(18,19)16-14-7-5-6-11-8-9-12(15)10-13(11)14/h8-10,14,16H,3-7H2,1-2H3/t14-/m1/s1. The quantitative estimate of drug-likeness (QED) is 0.907. The summed E-state index contributed by atoms with van der Waals surface area (Å²) in [4.78, 5) is 0. The highest BCUT2D eigenvalue weighted by molar-refractivity contribution is 7.87. The van der Waals surface area contributed by atoms with Gasteiger partial charge in [0.1, 0.15) is 5.82 Å². The molecule has 2 rings (SSSR count). The second kappa shape index (κ2) is 6.20. The number of nitrogens with one attached hydrogen (secondary N) is 1. The summed E-state index contributed by atoms with van der Waals surface area (Å²) in [5.41, 5.74) is 1.80. The lowest BCUT2D eigenvalue weighted by Crippen LogP contribution is -2.42. The Bertz CT molecular complexity index is 571. The van der Waals surface area contributed by atoms with E-state index < -0.39 is 10.2 Å². The average Bonchev–Trinajstić information content (AvgIpc) is 2.40. The van der Waals surface area contributed by atoms with Gasteiger partial charge in [-0.05, 0) is 42.5 Å². The van der Waals surface area contributed by atoms with Gasteiger partial charge in [-0.1, -0.05) is 19.9 Å². The number of rotatable bonds is 5. The molecule has 1 N–H and O–H groups in total. The van der Waals surface area contributed by atoms with Gasteiger partial charge in [0.15, 0.2) is 0 Å². The smallest absolute Gasteiger partial charge is 0.207 e. The van der Waals surface area contributed by atoms with E-state index in [0.29, 0.717) is 19.5 Å². The van der Waals surface area contributed by atoms with Crippen molar-refractivity contribution in [3.63, 3.8) is 0 Å². The van der Waals surface area contributed by atoms with Crippen molar-refractivity contribution < 1.29 is 12.8 Å². The molecule has 0 bridgehead atoms. The molecule has 1 atom stereocenters. The number of halogens is 1. The summed E-state index contributed by atoms with van der Waals surface area (Å²) in [6.07, 6.45) is 2.49. The first-order valence-electron chi connectivity index (χ1n) is 7.03. The largest absolute Gasteiger partial charge is 0.279 e. The molecular weight excluding hydrogens is 279 g/mol. The molecule has 1 aromatic rings. The van der Waals surface area contributed by atoms with Crippen molar-refractivity contribution in [2.75, 3.05) is 13.1 Å². The predicted octanol–water partition coefficient (Wildman–Crippen LogP) is 2.38. The zero-order chi connectivity index (χ0) is 14.8. The summed E-state index contributed by atoms with van der Waals surface area (Å²) in [5.74, 6) is -0.322. The molecule has 4 nitrogen and oxygen atoms in total. The van der Waals surface area contributed by atoms with Crippen LogP contribution in [0.1, 0.15) is 43.9 Å². The Kier molecular flexibility index (Phi) is 4.78. The third-order valence-corrected chi connectivity index (χ3v) is 5.54. The minimum Gasteiger partial charge on any atom is -0.207 e. The van der Waals surface area contributed by atoms with E-state index in [9.17, 15) is 12.8 Å². The van der Waals surface area contributed by atoms with Crippen LogP contribution >= 0.6 is 0 Å². The maximum absolute atomic E-state index is 13.4. The highest BCUT2D eigenvalue weighted by Gasteiger charge is 2.27. The van der Waals surface area contributed by atoms with Crippen LogP contribution in [0.15, 0.2) is 18.2 Å². The van der Waals surface area contributed by atoms with Crippen molar-refractivity contribution in [3.05, 3.63) is 35.1 Å². The molecule has 1 aliphatic carbocycles. The minimum absolute atomic E-state index is 0.322. The lowest BCUT2D eigenvalue weighted by molar-refractivity contribution is 0.416. The highest BCUT2D eigenvalue weighted by atomic mass is 32.2. The maximum atomic E-state index is 13.4. The summed E-state index contributed by atoms with van der Waals surface area (Å²) >= 11 is 0. The van der Waals surface area contributed by atoms with Gasteiger partial charge in [-0.3, -0.25) is 0 Å². The van der Waals surface area contributed by atoms with Gasteiger partial charge in [0, 0.05) is 19.1 Å². The Hall–Kier alpha value is -0.980. The molecule has 1 aromatic carbocycles. The molecule has 0 spiro atoms. The van der Waals surface area contributed by atoms with Crippen LogP contribution in [0.5, 0.6) is 0 Å². The summed E-state index contributed by atoms with van der Waals surface area (Å²) in [6, 6.07) is 4.30. The molecule has 0 heterocycles. The van der Waals surface area contributed by atoms with E-state index >= 15 is 0 Å². The monoisotopic (exact) mass is 300 g/mol. The van der Waals surface area contributed by atoms with Gasteiger partial charge in [0.25, 0.3) is 10.2 Å². The van der Waals surface area contributed by atoms with Crippen molar-refractivity contribution in [1.29, 1.82) is 0 Å². The fourth-order valence-electron chi connectivity index (χ4n) is 2.71. The Balaban J connectivity index is 2.26. The van der Waals surface area contributed by atoms with Crippen molar-refractivity contribution >= 4 is 10.2 Å². The first-order chi connectivity index (χ1) is 9.47. The van der Waals surface area contributed by atoms with E-state index in [4.69, 9.17) is 0 Å². The Morgan fingerprint density at radius 1 is 1.35 bits per heavy atom. The van der Waals surface area contributed by atoms with E-state index in [1.54, 1.807) is 19.9 Å². The molecule has 1 aliphatic rings. The lowest BCUT2D eigenvalue weighted by atomic mass is 9.88. The number of benzene rings is 1. The third kappa shape index (κ3) is 3.19. The molecule has 0 radical (unpaired) electrons. The number of fused-ring (bicyclic) bond motifs is 1. The number of nitrogens with zero attached hydrogens (tertiary/aromatic N) is 1. The first-order valence-corrected chi connectivity index (χ1v) is 8.47. The van der Waals surface area contributed by atoms with E-state index in [1.807, 2.05) is 0 Å². The second-order valence-corrected chi connectivity index (χ2v) is 6.70. The van der Waals surface area contributed by atoms with Gasteiger partial charge in [0.05, 0.1) is 0 Å². The van der Waals surface area contributed by atoms with Crippen LogP contribution in [0.4, 0.5) is 4.39 Å². The molecule has 0 fully saturated rings. The maximum Gasteiger partial charge on any atom is 0.279 e. The van der Waals surface area contributed by atoms with Gasteiger partial charge in [-0.25, -0.2) is 4.39 Å². The third-order valence-electron chi connectivity index (χ3n) is 3.76. The second-order valence-electron chi connectivity index (χ2n) is 5.00. The number of hydrogen-bond donors (Lipinski definition) is 1. The van der Waals surface area contributed by atoms with Crippen LogP contribution in [-0.4, -0.2) is 25.8 Å². The summed E-state index contributed by atoms with van der Waals surface area (Å²) in [7, 11) is -3.52. The lowest BCUT2D eigenvalue weighted by Gasteiger charge is -2.28. The SMILES string of the molecule is CCN(CC)S(=O)(=O)N[C@@H]1CCCc2ccc(F)cc21. The fourth-order valence-corrected chi connectivity index (χ4v) is 4.14. The van der Waals surface area contributed by atoms with Crippen molar-refractivity contribution in [2.24, 2.45) is 0 Å². The van der Waals surface area contributed by atoms with Crippen molar-refractivity contribution in [2.45, 2.75) is 39.2 Å². The van der Waals surface area contributed by atoms with Crippen LogP contribution in [0.2, 0.25) is 0 Å². The van der Waals surface area contributed by atoms with Crippen LogP contribution < -0.4 is 4.72 Å². The van der Waals surface area contributed by atoms with E-state index in [0.717, 1.165) is 24.0 Å². The molecule has 0 saturated heterocycles. The van der Waals surface area contributed by atoms with Gasteiger partial charge >= 0.3 is 0 Å². The molecule has 6 heteroatoms. The van der Waals surface area contributed by atoms with Gasteiger partial charge < -0.3 is 0 Å². The normalized spacial score (nSPS) is 19.1. The Labute approximate surface area is 120 Å². The van der Waals surface area contributed by atoms with Crippen LogP contribution in [0.3, 0.4) is 0 Å². The molecule has 112 valence electrons. The summed E-state index contributed by atoms with van der Waals surface area (Å²) in [6.45, 7) is 4.46. The molecule has 0 amide bonds. The van der Waals surface area contributed by atoms with Gasteiger partial charge in [-0.15, -0.1) is 0 Å². The molecule has 20 heavy (non-hydrogen) atoms. The molecule has 0 saturated carbocycles. The fraction of sp³-hybridized carbons (Fsp3) is 0.571. The molecule has 0 aromatic heterocycles. The molecule has 0 aliphatic heterocycles. The van der Waals surface area contributed by atoms with E-state index in [1.165, 1.54) is 16.4 Å². The highest BCUT2D eigenvalue weighted by Crippen LogP contribution is 2.31. The summed E-state index contributed by atoms with van der Waals surface area (Å²) < 4.78 is 42.0. The van der Waals surface area contributed by atoms with Crippen LogP contribution in [0.25, 0.3) is 0 Å². The molecular formula is C14H21FN2O2S. The average molecular weight is 300 g/mol. The van der Waals surface area contributed by atoms with Crippen molar-refractivity contribution in [3.8, 4) is 0 Å². The number of aryl methyl sites for hydroxylation is 1. The van der Waals surface area contributed by atoms with E-state index in [2.05, 4.69) is 4.72 Å². The van der Waals surface area contributed by atoms with Crippen molar-refractivity contribution in [1.82, 2.24) is 9.03 Å². The molecule has 0 unspecified atom stereocenters. The van der Waals surface area contributed by atoms with Gasteiger partial charge in [-0.2, -0.15) is 17.4 Å². The van der Waals surface area contributed by atoms with Crippen LogP contribution in [0, 0.1) is 5.82 Å². The van der Waals surface area contributed by atoms with Crippen LogP contribution in [-0.2, 0) is 16.6 Å². The zero-order valence-corrected chi connectivity index (χ0v) is 12.7. The Morgan fingerprint density at radius 3 is 2.70 bits per heavy atom. The first kappa shape index (κ1) is 15.4. The Morgan fingerprint density at radius 2 is 2.05 bits per heavy atom. The van der Waals surface area contributed by atoms with Gasteiger partial charge in [0.2, 0.25) is 0 Å². The zero-order valence-electron chi connectivity index (χ0n) is 11.9. The number of hydrogen-bond acceptors (Lipinski definition) is 2. The summed E-state index contributed by atoms with van der Waals surface area (Å²) in [5, 5.41) is 0.